The minimum absolute atomic E-state index is 0.205. The predicted octanol–water partition coefficient (Wildman–Crippen LogP) is 4.17. The summed E-state index contributed by atoms with van der Waals surface area (Å²) in [4.78, 5) is 4.10. The molecule has 0 saturated carbocycles. The Bertz CT molecular complexity index is 898. The zero-order valence-electron chi connectivity index (χ0n) is 14.1. The van der Waals surface area contributed by atoms with Crippen LogP contribution >= 0.6 is 0 Å². The Morgan fingerprint density at radius 3 is 2.69 bits per heavy atom. The van der Waals surface area contributed by atoms with Gasteiger partial charge < -0.3 is 4.42 Å². The lowest BCUT2D eigenvalue weighted by atomic mass is 9.98. The lowest BCUT2D eigenvalue weighted by Gasteiger charge is -2.12. The molecule has 26 heavy (non-hydrogen) atoms. The van der Waals surface area contributed by atoms with Gasteiger partial charge in [-0.3, -0.25) is 0 Å². The van der Waals surface area contributed by atoms with Crippen molar-refractivity contribution in [3.63, 3.8) is 0 Å². The maximum absolute atomic E-state index is 13.2. The molecule has 0 unspecified atom stereocenters. The van der Waals surface area contributed by atoms with Gasteiger partial charge in [0.05, 0.1) is 5.56 Å². The van der Waals surface area contributed by atoms with Gasteiger partial charge in [0.25, 0.3) is 0 Å². The molecule has 9 heteroatoms. The van der Waals surface area contributed by atoms with E-state index in [2.05, 4.69) is 20.3 Å². The summed E-state index contributed by atoms with van der Waals surface area (Å²) in [6.45, 7) is 3.91. The van der Waals surface area contributed by atoms with E-state index in [4.69, 9.17) is 4.42 Å². The number of halogens is 3. The summed E-state index contributed by atoms with van der Waals surface area (Å²) < 4.78 is 45.9. The predicted molar refractivity (Wildman–Crippen MR) is 88.5 cm³/mol. The van der Waals surface area contributed by atoms with Crippen molar-refractivity contribution in [3.05, 3.63) is 47.9 Å². The SMILES string of the molecule is CC(C)Cc1cc(-c2ncn(C=Cc3nnco3)n2)cc(C(F)(F)F)c1. The molecule has 136 valence electrons. The molecule has 1 aromatic carbocycles. The standard InChI is InChI=1S/C17H16F3N5O/c1-11(2)5-12-6-13(8-14(7-12)17(18,19)20)16-21-9-25(24-16)4-3-15-23-22-10-26-15/h3-4,6-11H,5H2,1-2H3. The average Bonchev–Trinajstić information content (AvgIpc) is 3.23. The molecule has 0 atom stereocenters. The smallest absolute Gasteiger partial charge is 0.416 e. The van der Waals surface area contributed by atoms with Crippen LogP contribution in [-0.2, 0) is 12.6 Å². The van der Waals surface area contributed by atoms with Crippen LogP contribution in [0.25, 0.3) is 23.7 Å². The maximum Gasteiger partial charge on any atom is 0.416 e. The molecule has 0 fully saturated rings. The van der Waals surface area contributed by atoms with Crippen molar-refractivity contribution >= 4 is 12.3 Å². The molecule has 0 radical (unpaired) electrons. The first-order valence-electron chi connectivity index (χ1n) is 7.88. The number of hydrogen-bond donors (Lipinski definition) is 0. The highest BCUT2D eigenvalue weighted by Crippen LogP contribution is 2.33. The summed E-state index contributed by atoms with van der Waals surface area (Å²) in [7, 11) is 0. The number of aromatic nitrogens is 5. The summed E-state index contributed by atoms with van der Waals surface area (Å²) in [5.74, 6) is 0.714. The van der Waals surface area contributed by atoms with E-state index in [0.29, 0.717) is 17.5 Å². The van der Waals surface area contributed by atoms with Gasteiger partial charge in [-0.2, -0.15) is 13.2 Å². The molecule has 0 aliphatic heterocycles. The van der Waals surface area contributed by atoms with Crippen molar-refractivity contribution in [2.24, 2.45) is 5.92 Å². The molecule has 2 heterocycles. The maximum atomic E-state index is 13.2. The molecule has 0 saturated heterocycles. The van der Waals surface area contributed by atoms with Crippen molar-refractivity contribution in [2.75, 3.05) is 0 Å². The lowest BCUT2D eigenvalue weighted by molar-refractivity contribution is -0.137. The van der Waals surface area contributed by atoms with Gasteiger partial charge in [-0.05, 0) is 36.1 Å². The van der Waals surface area contributed by atoms with Gasteiger partial charge >= 0.3 is 6.18 Å². The second-order valence-corrected chi connectivity index (χ2v) is 6.16. The summed E-state index contributed by atoms with van der Waals surface area (Å²) in [6, 6.07) is 3.93. The zero-order valence-corrected chi connectivity index (χ0v) is 14.1. The molecular formula is C17H16F3N5O. The number of hydrogen-bond acceptors (Lipinski definition) is 5. The highest BCUT2D eigenvalue weighted by molar-refractivity contribution is 5.59. The van der Waals surface area contributed by atoms with Crippen LogP contribution in [0, 0.1) is 5.92 Å². The van der Waals surface area contributed by atoms with Gasteiger partial charge in [0.1, 0.15) is 6.33 Å². The van der Waals surface area contributed by atoms with E-state index < -0.39 is 11.7 Å². The minimum Gasteiger partial charge on any atom is -0.424 e. The quantitative estimate of drug-likeness (QED) is 0.680. The number of rotatable bonds is 5. The van der Waals surface area contributed by atoms with E-state index in [9.17, 15) is 13.2 Å². The summed E-state index contributed by atoms with van der Waals surface area (Å²) in [5.41, 5.74) is 0.214. The van der Waals surface area contributed by atoms with Crippen LogP contribution in [0.5, 0.6) is 0 Å². The summed E-state index contributed by atoms with van der Waals surface area (Å²) in [6.07, 6.45) is 1.72. The fraction of sp³-hybridized carbons (Fsp3) is 0.294. The van der Waals surface area contributed by atoms with Gasteiger partial charge in [-0.25, -0.2) is 9.67 Å². The lowest BCUT2D eigenvalue weighted by Crippen LogP contribution is -2.07. The van der Waals surface area contributed by atoms with E-state index in [0.717, 1.165) is 6.07 Å². The van der Waals surface area contributed by atoms with Crippen LogP contribution in [0.1, 0.15) is 30.9 Å². The number of nitrogens with zero attached hydrogens (tertiary/aromatic N) is 5. The first-order chi connectivity index (χ1) is 12.3. The summed E-state index contributed by atoms with van der Waals surface area (Å²) in [5, 5.41) is 11.4. The van der Waals surface area contributed by atoms with Crippen molar-refractivity contribution in [3.8, 4) is 11.4 Å². The molecule has 2 aromatic heterocycles. The van der Waals surface area contributed by atoms with Gasteiger partial charge in [0.2, 0.25) is 12.3 Å². The Balaban J connectivity index is 1.92. The molecule has 0 aliphatic carbocycles. The molecule has 0 aliphatic rings. The van der Waals surface area contributed by atoms with Crippen molar-refractivity contribution in [1.29, 1.82) is 0 Å². The molecule has 0 amide bonds. The van der Waals surface area contributed by atoms with E-state index >= 15 is 0 Å². The molecular weight excluding hydrogens is 347 g/mol. The topological polar surface area (TPSA) is 69.6 Å². The third kappa shape index (κ3) is 4.35. The summed E-state index contributed by atoms with van der Waals surface area (Å²) >= 11 is 0. The fourth-order valence-electron chi connectivity index (χ4n) is 2.45. The van der Waals surface area contributed by atoms with Gasteiger partial charge in [0.15, 0.2) is 5.82 Å². The van der Waals surface area contributed by atoms with Crippen LogP contribution in [0.4, 0.5) is 13.2 Å². The van der Waals surface area contributed by atoms with E-state index in [-0.39, 0.29) is 17.6 Å². The average molecular weight is 363 g/mol. The highest BCUT2D eigenvalue weighted by atomic mass is 19.4. The molecule has 0 spiro atoms. The molecule has 0 bridgehead atoms. The van der Waals surface area contributed by atoms with E-state index in [1.165, 1.54) is 35.7 Å². The largest absolute Gasteiger partial charge is 0.424 e. The van der Waals surface area contributed by atoms with Crippen molar-refractivity contribution in [2.45, 2.75) is 26.4 Å². The molecule has 3 rings (SSSR count). The number of benzene rings is 1. The van der Waals surface area contributed by atoms with Crippen molar-refractivity contribution in [1.82, 2.24) is 25.0 Å². The normalized spacial score (nSPS) is 12.4. The second-order valence-electron chi connectivity index (χ2n) is 6.16. The first kappa shape index (κ1) is 17.8. The zero-order chi connectivity index (χ0) is 18.7. The Morgan fingerprint density at radius 2 is 2.04 bits per heavy atom. The van der Waals surface area contributed by atoms with E-state index in [1.54, 1.807) is 6.07 Å². The fourth-order valence-corrected chi connectivity index (χ4v) is 2.45. The van der Waals surface area contributed by atoms with Crippen molar-refractivity contribution < 1.29 is 17.6 Å². The Morgan fingerprint density at radius 1 is 1.23 bits per heavy atom. The van der Waals surface area contributed by atoms with Crippen LogP contribution in [0.2, 0.25) is 0 Å². The van der Waals surface area contributed by atoms with Crippen LogP contribution < -0.4 is 0 Å². The Labute approximate surface area is 147 Å². The van der Waals surface area contributed by atoms with E-state index in [1.807, 2.05) is 13.8 Å². The monoisotopic (exact) mass is 363 g/mol. The second kappa shape index (κ2) is 7.11. The first-order valence-corrected chi connectivity index (χ1v) is 7.88. The molecule has 6 nitrogen and oxygen atoms in total. The minimum atomic E-state index is -4.43. The Hall–Kier alpha value is -2.97. The van der Waals surface area contributed by atoms with Crippen LogP contribution in [-0.4, -0.2) is 25.0 Å². The molecule has 3 aromatic rings. The third-order valence-corrected chi connectivity index (χ3v) is 3.48. The highest BCUT2D eigenvalue weighted by Gasteiger charge is 2.31. The van der Waals surface area contributed by atoms with Gasteiger partial charge in [-0.15, -0.1) is 15.3 Å². The molecule has 0 N–H and O–H groups in total. The Kier molecular flexibility index (Phi) is 4.88. The van der Waals surface area contributed by atoms with Gasteiger partial charge in [0, 0.05) is 17.8 Å². The number of alkyl halides is 3. The van der Waals surface area contributed by atoms with Crippen LogP contribution in [0.3, 0.4) is 0 Å². The van der Waals surface area contributed by atoms with Gasteiger partial charge in [-0.1, -0.05) is 13.8 Å². The van der Waals surface area contributed by atoms with Crippen LogP contribution in [0.15, 0.2) is 35.3 Å². The third-order valence-electron chi connectivity index (χ3n) is 3.48.